The Hall–Kier alpha value is -1.55. The minimum absolute atomic E-state index is 0.734. The van der Waals surface area contributed by atoms with Crippen LogP contribution in [0.2, 0.25) is 0 Å². The Morgan fingerprint density at radius 2 is 1.90 bits per heavy atom. The molecule has 0 radical (unpaired) electrons. The van der Waals surface area contributed by atoms with Gasteiger partial charge in [-0.2, -0.15) is 5.10 Å². The number of nitrogens with zero attached hydrogens (tertiary/aromatic N) is 2. The molecule has 0 fully saturated rings. The molecule has 21 heavy (non-hydrogen) atoms. The third-order valence-corrected chi connectivity index (χ3v) is 2.15. The Labute approximate surface area is 135 Å². The molecular formula is C17H31N3S. The molecule has 1 aromatic rings. The van der Waals surface area contributed by atoms with Gasteiger partial charge in [0.05, 0.1) is 6.21 Å². The van der Waals surface area contributed by atoms with Crippen LogP contribution in [0.25, 0.3) is 0 Å². The van der Waals surface area contributed by atoms with Crippen molar-refractivity contribution >= 4 is 23.8 Å². The molecule has 0 spiro atoms. The predicted molar refractivity (Wildman–Crippen MR) is 102 cm³/mol. The summed E-state index contributed by atoms with van der Waals surface area (Å²) in [6, 6.07) is 5.62. The monoisotopic (exact) mass is 309 g/mol. The fourth-order valence-corrected chi connectivity index (χ4v) is 1.32. The summed E-state index contributed by atoms with van der Waals surface area (Å²) >= 11 is 1.66. The molecule has 4 heteroatoms. The molecule has 120 valence electrons. The summed E-state index contributed by atoms with van der Waals surface area (Å²) in [6.07, 6.45) is 5.16. The van der Waals surface area contributed by atoms with Crippen LogP contribution in [0.3, 0.4) is 0 Å². The molecule has 1 N–H and O–H groups in total. The van der Waals surface area contributed by atoms with E-state index in [0.717, 1.165) is 16.5 Å². The highest BCUT2D eigenvalue weighted by Gasteiger charge is 1.88. The lowest BCUT2D eigenvalue weighted by molar-refractivity contribution is 1.23. The van der Waals surface area contributed by atoms with Gasteiger partial charge in [-0.05, 0) is 24.8 Å². The fraction of sp³-hybridized carbons (Fsp3) is 0.412. The largest absolute Gasteiger partial charge is 0.261 e. The first kappa shape index (κ1) is 24.5. The molecule has 1 aromatic heterocycles. The fourth-order valence-electron chi connectivity index (χ4n) is 0.822. The Morgan fingerprint density at radius 3 is 2.33 bits per heavy atom. The zero-order valence-corrected chi connectivity index (χ0v) is 15.2. The summed E-state index contributed by atoms with van der Waals surface area (Å²) in [5.41, 5.74) is 2.82. The first-order valence-electron chi connectivity index (χ1n) is 7.33. The minimum Gasteiger partial charge on any atom is -0.261 e. The van der Waals surface area contributed by atoms with Crippen molar-refractivity contribution < 1.29 is 0 Å². The van der Waals surface area contributed by atoms with Gasteiger partial charge >= 0.3 is 0 Å². The number of aromatic nitrogens is 1. The van der Waals surface area contributed by atoms with E-state index in [-0.39, 0.29) is 0 Å². The summed E-state index contributed by atoms with van der Waals surface area (Å²) < 4.78 is 0. The van der Waals surface area contributed by atoms with Gasteiger partial charge in [-0.3, -0.25) is 5.43 Å². The summed E-state index contributed by atoms with van der Waals surface area (Å²) in [5.74, 6) is 1.74. The predicted octanol–water partition coefficient (Wildman–Crippen LogP) is 5.99. The molecule has 0 aliphatic heterocycles. The zero-order chi connectivity index (χ0) is 16.9. The molecule has 0 aliphatic carbocycles. The molecule has 0 saturated heterocycles. The lowest BCUT2D eigenvalue weighted by Crippen LogP contribution is -1.91. The SMILES string of the molecule is C=C(/C=N/Nc1ccccn1)SCC.C=CC.CC.CC. The lowest BCUT2D eigenvalue weighted by Gasteiger charge is -1.97. The highest BCUT2D eigenvalue weighted by Crippen LogP contribution is 2.09. The Bertz CT molecular complexity index is 348. The first-order chi connectivity index (χ1) is 10.2. The second-order valence-electron chi connectivity index (χ2n) is 2.89. The van der Waals surface area contributed by atoms with Crippen molar-refractivity contribution in [3.63, 3.8) is 0 Å². The molecule has 0 saturated carbocycles. The van der Waals surface area contributed by atoms with Crippen LogP contribution in [0.1, 0.15) is 41.5 Å². The summed E-state index contributed by atoms with van der Waals surface area (Å²) in [6.45, 7) is 19.2. The van der Waals surface area contributed by atoms with Gasteiger partial charge in [-0.1, -0.05) is 53.3 Å². The average Bonchev–Trinajstić information content (AvgIpc) is 2.53. The molecule has 0 aromatic carbocycles. The van der Waals surface area contributed by atoms with Crippen molar-refractivity contribution in [2.24, 2.45) is 5.10 Å². The molecule has 0 unspecified atom stereocenters. The Morgan fingerprint density at radius 1 is 1.33 bits per heavy atom. The van der Waals surface area contributed by atoms with Gasteiger partial charge in [-0.15, -0.1) is 18.3 Å². The summed E-state index contributed by atoms with van der Waals surface area (Å²) in [7, 11) is 0. The van der Waals surface area contributed by atoms with Crippen LogP contribution < -0.4 is 5.43 Å². The Kier molecular flexibility index (Phi) is 27.4. The van der Waals surface area contributed by atoms with E-state index >= 15 is 0 Å². The Balaban J connectivity index is -0.000000399. The molecule has 0 amide bonds. The van der Waals surface area contributed by atoms with E-state index in [1.165, 1.54) is 0 Å². The van der Waals surface area contributed by atoms with Crippen LogP contribution in [-0.2, 0) is 0 Å². The van der Waals surface area contributed by atoms with Crippen LogP contribution in [0.15, 0.2) is 53.6 Å². The molecule has 1 heterocycles. The number of allylic oxidation sites excluding steroid dienone is 2. The maximum Gasteiger partial charge on any atom is 0.146 e. The second-order valence-corrected chi connectivity index (χ2v) is 4.28. The maximum absolute atomic E-state index is 4.06. The van der Waals surface area contributed by atoms with Crippen molar-refractivity contribution in [1.82, 2.24) is 4.98 Å². The number of pyridine rings is 1. The van der Waals surface area contributed by atoms with Crippen molar-refractivity contribution in [3.8, 4) is 0 Å². The van der Waals surface area contributed by atoms with Gasteiger partial charge in [0.25, 0.3) is 0 Å². The summed E-state index contributed by atoms with van der Waals surface area (Å²) in [5, 5.41) is 4.00. The topological polar surface area (TPSA) is 37.3 Å². The molecule has 0 atom stereocenters. The molecule has 1 rings (SSSR count). The van der Waals surface area contributed by atoms with E-state index < -0.39 is 0 Å². The van der Waals surface area contributed by atoms with E-state index in [0.29, 0.717) is 0 Å². The second kappa shape index (κ2) is 23.5. The highest BCUT2D eigenvalue weighted by atomic mass is 32.2. The standard InChI is InChI=1S/C10H13N3S.C3H6.2C2H6/c1-3-14-9(2)8-12-13-10-6-4-5-7-11-10;1-3-2;2*1-2/h4-8H,2-3H2,1H3,(H,11,13);3H,1H2,2H3;2*1-2H3/b12-8+;;;. The number of hydrogen-bond donors (Lipinski definition) is 1. The van der Waals surface area contributed by atoms with Crippen molar-refractivity contribution in [2.45, 2.75) is 41.5 Å². The number of thioether (sulfide) groups is 1. The van der Waals surface area contributed by atoms with Gasteiger partial charge < -0.3 is 0 Å². The van der Waals surface area contributed by atoms with Crippen LogP contribution in [0.5, 0.6) is 0 Å². The van der Waals surface area contributed by atoms with Crippen LogP contribution in [0.4, 0.5) is 5.82 Å². The molecule has 0 bridgehead atoms. The molecule has 0 aliphatic rings. The maximum atomic E-state index is 4.06. The lowest BCUT2D eigenvalue weighted by atomic mass is 10.5. The average molecular weight is 310 g/mol. The van der Waals surface area contributed by atoms with Crippen LogP contribution in [-0.4, -0.2) is 17.0 Å². The highest BCUT2D eigenvalue weighted by molar-refractivity contribution is 8.03. The minimum atomic E-state index is 0.734. The van der Waals surface area contributed by atoms with Crippen LogP contribution in [0, 0.1) is 0 Å². The van der Waals surface area contributed by atoms with Crippen molar-refractivity contribution in [3.05, 3.63) is 48.5 Å². The molecule has 3 nitrogen and oxygen atoms in total. The number of rotatable bonds is 5. The third-order valence-electron chi connectivity index (χ3n) is 1.38. The quantitative estimate of drug-likeness (QED) is 0.412. The van der Waals surface area contributed by atoms with E-state index in [4.69, 9.17) is 0 Å². The normalized spacial score (nSPS) is 8.10. The third kappa shape index (κ3) is 20.9. The smallest absolute Gasteiger partial charge is 0.146 e. The van der Waals surface area contributed by atoms with Gasteiger partial charge in [0.15, 0.2) is 0 Å². The van der Waals surface area contributed by atoms with Crippen LogP contribution >= 0.6 is 11.8 Å². The zero-order valence-electron chi connectivity index (χ0n) is 14.4. The summed E-state index contributed by atoms with van der Waals surface area (Å²) in [4.78, 5) is 5.00. The van der Waals surface area contributed by atoms with Gasteiger partial charge in [-0.25, -0.2) is 4.98 Å². The number of nitrogens with one attached hydrogen (secondary N) is 1. The number of hydrogen-bond acceptors (Lipinski definition) is 4. The van der Waals surface area contributed by atoms with E-state index in [9.17, 15) is 0 Å². The van der Waals surface area contributed by atoms with Crippen molar-refractivity contribution in [1.29, 1.82) is 0 Å². The number of hydrazone groups is 1. The number of anilines is 1. The first-order valence-corrected chi connectivity index (χ1v) is 8.32. The van der Waals surface area contributed by atoms with Gasteiger partial charge in [0, 0.05) is 11.1 Å². The van der Waals surface area contributed by atoms with E-state index in [2.05, 4.69) is 35.6 Å². The van der Waals surface area contributed by atoms with E-state index in [1.54, 1.807) is 30.2 Å². The van der Waals surface area contributed by atoms with Crippen molar-refractivity contribution in [2.75, 3.05) is 11.2 Å². The van der Waals surface area contributed by atoms with Gasteiger partial charge in [0.1, 0.15) is 5.82 Å². The molecular weight excluding hydrogens is 278 g/mol. The van der Waals surface area contributed by atoms with E-state index in [1.807, 2.05) is 52.8 Å². The van der Waals surface area contributed by atoms with Gasteiger partial charge in [0.2, 0.25) is 0 Å².